The van der Waals surface area contributed by atoms with Gasteiger partial charge in [0.25, 0.3) is 0 Å². The van der Waals surface area contributed by atoms with Crippen molar-refractivity contribution in [2.24, 2.45) is 5.41 Å². The zero-order valence-corrected chi connectivity index (χ0v) is 9.91. The number of methoxy groups -OCH3 is 1. The summed E-state index contributed by atoms with van der Waals surface area (Å²) in [5.41, 5.74) is 0.214. The Hall–Kier alpha value is -0.540. The Kier molecular flexibility index (Phi) is 2.48. The highest BCUT2D eigenvalue weighted by atomic mass is 16.7. The molecule has 3 nitrogen and oxygen atoms in total. The molecule has 2 bridgehead atoms. The lowest BCUT2D eigenvalue weighted by Crippen LogP contribution is -2.47. The number of hydrogen-bond donors (Lipinski definition) is 0. The van der Waals surface area contributed by atoms with Gasteiger partial charge in [0.15, 0.2) is 0 Å². The molecular weight excluding hydrogens is 204 g/mol. The molecule has 3 aliphatic rings. The second kappa shape index (κ2) is 3.74. The van der Waals surface area contributed by atoms with Gasteiger partial charge >= 0.3 is 0 Å². The molecule has 0 amide bonds. The van der Waals surface area contributed by atoms with E-state index in [0.717, 1.165) is 25.9 Å². The molecule has 2 aliphatic heterocycles. The van der Waals surface area contributed by atoms with E-state index in [2.05, 4.69) is 6.08 Å². The number of rotatable bonds is 3. The molecule has 90 valence electrons. The van der Waals surface area contributed by atoms with Gasteiger partial charge in [0, 0.05) is 25.6 Å². The van der Waals surface area contributed by atoms with Crippen LogP contribution < -0.4 is 0 Å². The van der Waals surface area contributed by atoms with E-state index in [0.29, 0.717) is 0 Å². The van der Waals surface area contributed by atoms with Gasteiger partial charge in [-0.2, -0.15) is 0 Å². The van der Waals surface area contributed by atoms with E-state index in [9.17, 15) is 0 Å². The topological polar surface area (TPSA) is 27.7 Å². The summed E-state index contributed by atoms with van der Waals surface area (Å²) in [4.78, 5) is 0. The van der Waals surface area contributed by atoms with Crippen molar-refractivity contribution in [1.29, 1.82) is 0 Å². The van der Waals surface area contributed by atoms with Crippen LogP contribution in [0.5, 0.6) is 0 Å². The summed E-state index contributed by atoms with van der Waals surface area (Å²) >= 11 is 0. The van der Waals surface area contributed by atoms with Gasteiger partial charge in [-0.05, 0) is 25.3 Å². The van der Waals surface area contributed by atoms with Crippen molar-refractivity contribution in [1.82, 2.24) is 0 Å². The summed E-state index contributed by atoms with van der Waals surface area (Å²) in [6, 6.07) is 0. The fourth-order valence-corrected chi connectivity index (χ4v) is 3.73. The molecule has 1 saturated carbocycles. The third-order valence-electron chi connectivity index (χ3n) is 4.60. The summed E-state index contributed by atoms with van der Waals surface area (Å²) in [5, 5.41) is 0. The van der Waals surface area contributed by atoms with Crippen LogP contribution in [0.2, 0.25) is 0 Å². The second-order valence-electron chi connectivity index (χ2n) is 5.31. The van der Waals surface area contributed by atoms with E-state index in [4.69, 9.17) is 14.2 Å². The molecule has 1 spiro atoms. The summed E-state index contributed by atoms with van der Waals surface area (Å²) in [6.07, 6.45) is 11.1. The third kappa shape index (κ3) is 1.34. The number of hydrogen-bond acceptors (Lipinski definition) is 3. The SMILES string of the molecule is COCC[C@@]12CCCC[C@@]13C=CO[C@@H](C2)O3. The monoisotopic (exact) mass is 224 g/mol. The summed E-state index contributed by atoms with van der Waals surface area (Å²) < 4.78 is 16.9. The lowest BCUT2D eigenvalue weighted by Gasteiger charge is -2.46. The standard InChI is InChI=1S/C13H20O3/c1-14-8-6-12-4-2-3-5-13(12)7-9-15-11(10-12)16-13/h7,9,11H,2-6,8,10H2,1H3/t11-,12-,13-/m1/s1. The molecular formula is C13H20O3. The molecule has 16 heavy (non-hydrogen) atoms. The largest absolute Gasteiger partial charge is 0.473 e. The van der Waals surface area contributed by atoms with E-state index in [1.54, 1.807) is 7.11 Å². The molecule has 0 aromatic rings. The Morgan fingerprint density at radius 3 is 3.12 bits per heavy atom. The van der Waals surface area contributed by atoms with Gasteiger partial charge in [-0.15, -0.1) is 0 Å². The average Bonchev–Trinajstić information content (AvgIpc) is 2.53. The predicted octanol–water partition coefficient (Wildman–Crippen LogP) is 2.61. The van der Waals surface area contributed by atoms with Crippen LogP contribution in [0.25, 0.3) is 0 Å². The lowest BCUT2D eigenvalue weighted by molar-refractivity contribution is -0.163. The molecule has 1 saturated heterocycles. The highest BCUT2D eigenvalue weighted by Crippen LogP contribution is 2.59. The molecule has 0 aromatic carbocycles. The van der Waals surface area contributed by atoms with Crippen LogP contribution >= 0.6 is 0 Å². The highest BCUT2D eigenvalue weighted by Gasteiger charge is 2.60. The minimum atomic E-state index is -0.0489. The second-order valence-corrected chi connectivity index (χ2v) is 5.31. The van der Waals surface area contributed by atoms with Crippen LogP contribution in [0.15, 0.2) is 12.3 Å². The van der Waals surface area contributed by atoms with Crippen molar-refractivity contribution >= 4 is 0 Å². The summed E-state index contributed by atoms with van der Waals surface area (Å²) in [5.74, 6) is 0. The van der Waals surface area contributed by atoms with Crippen LogP contribution in [-0.4, -0.2) is 25.6 Å². The lowest BCUT2D eigenvalue weighted by atomic mass is 9.61. The number of ether oxygens (including phenoxy) is 3. The first kappa shape index (κ1) is 10.6. The average molecular weight is 224 g/mol. The molecule has 0 aromatic heterocycles. The van der Waals surface area contributed by atoms with Crippen LogP contribution in [0.4, 0.5) is 0 Å². The van der Waals surface area contributed by atoms with Gasteiger partial charge in [-0.25, -0.2) is 0 Å². The van der Waals surface area contributed by atoms with Gasteiger partial charge < -0.3 is 14.2 Å². The van der Waals surface area contributed by atoms with Crippen molar-refractivity contribution in [2.45, 2.75) is 50.4 Å². The van der Waals surface area contributed by atoms with Crippen LogP contribution in [-0.2, 0) is 14.2 Å². The van der Waals surface area contributed by atoms with E-state index in [-0.39, 0.29) is 17.3 Å². The quantitative estimate of drug-likeness (QED) is 0.737. The third-order valence-corrected chi connectivity index (χ3v) is 4.60. The van der Waals surface area contributed by atoms with Crippen molar-refractivity contribution in [3.63, 3.8) is 0 Å². The Labute approximate surface area is 96.8 Å². The Morgan fingerprint density at radius 2 is 2.25 bits per heavy atom. The molecule has 2 heterocycles. The summed E-state index contributed by atoms with van der Waals surface area (Å²) in [7, 11) is 1.78. The molecule has 0 radical (unpaired) electrons. The Balaban J connectivity index is 1.90. The molecule has 3 heteroatoms. The first-order chi connectivity index (χ1) is 7.80. The Morgan fingerprint density at radius 1 is 1.38 bits per heavy atom. The van der Waals surface area contributed by atoms with E-state index in [1.165, 1.54) is 19.3 Å². The van der Waals surface area contributed by atoms with Crippen LogP contribution in [0.1, 0.15) is 38.5 Å². The minimum Gasteiger partial charge on any atom is -0.473 e. The van der Waals surface area contributed by atoms with Crippen LogP contribution in [0.3, 0.4) is 0 Å². The molecule has 0 N–H and O–H groups in total. The fourth-order valence-electron chi connectivity index (χ4n) is 3.73. The first-order valence-electron chi connectivity index (χ1n) is 6.30. The van der Waals surface area contributed by atoms with Gasteiger partial charge in [0.2, 0.25) is 6.29 Å². The smallest absolute Gasteiger partial charge is 0.200 e. The predicted molar refractivity (Wildman–Crippen MR) is 59.8 cm³/mol. The van der Waals surface area contributed by atoms with Crippen LogP contribution in [0, 0.1) is 5.41 Å². The van der Waals surface area contributed by atoms with E-state index in [1.807, 2.05) is 6.26 Å². The normalized spacial score (nSPS) is 45.2. The van der Waals surface area contributed by atoms with Crippen molar-refractivity contribution in [3.05, 3.63) is 12.3 Å². The van der Waals surface area contributed by atoms with Gasteiger partial charge in [0.05, 0.1) is 11.9 Å². The summed E-state index contributed by atoms with van der Waals surface area (Å²) in [6.45, 7) is 0.825. The van der Waals surface area contributed by atoms with Crippen molar-refractivity contribution in [2.75, 3.05) is 13.7 Å². The maximum atomic E-state index is 6.12. The maximum Gasteiger partial charge on any atom is 0.200 e. The maximum absolute atomic E-state index is 6.12. The number of fused-ring (bicyclic) bond motifs is 1. The zero-order valence-electron chi connectivity index (χ0n) is 9.91. The van der Waals surface area contributed by atoms with Gasteiger partial charge in [0.1, 0.15) is 0 Å². The fraction of sp³-hybridized carbons (Fsp3) is 0.846. The minimum absolute atomic E-state index is 0.0139. The zero-order chi connectivity index (χ0) is 11.1. The van der Waals surface area contributed by atoms with Gasteiger partial charge in [-0.1, -0.05) is 12.8 Å². The van der Waals surface area contributed by atoms with E-state index >= 15 is 0 Å². The Bertz CT molecular complexity index is 302. The molecule has 1 aliphatic carbocycles. The molecule has 3 rings (SSSR count). The first-order valence-corrected chi connectivity index (χ1v) is 6.30. The molecule has 0 unspecified atom stereocenters. The van der Waals surface area contributed by atoms with E-state index < -0.39 is 0 Å². The highest BCUT2D eigenvalue weighted by molar-refractivity contribution is 5.18. The molecule has 3 atom stereocenters. The van der Waals surface area contributed by atoms with Gasteiger partial charge in [-0.3, -0.25) is 0 Å². The van der Waals surface area contributed by atoms with Crippen molar-refractivity contribution < 1.29 is 14.2 Å². The van der Waals surface area contributed by atoms with Crippen molar-refractivity contribution in [3.8, 4) is 0 Å². The molecule has 2 fully saturated rings.